The number of nitrogens with one attached hydrogen (secondary N) is 1. The SMILES string of the molecule is COCCCNC(CC(=O)OC)Cc1ccc(OC)cc1. The number of ether oxygens (including phenoxy) is 3. The summed E-state index contributed by atoms with van der Waals surface area (Å²) in [5, 5.41) is 3.38. The molecular weight excluding hydrogens is 270 g/mol. The Morgan fingerprint density at radius 1 is 1.19 bits per heavy atom. The van der Waals surface area contributed by atoms with Gasteiger partial charge in [-0.3, -0.25) is 4.79 Å². The first-order chi connectivity index (χ1) is 10.2. The second kappa shape index (κ2) is 10.2. The molecule has 0 saturated carbocycles. The van der Waals surface area contributed by atoms with Crippen LogP contribution in [0.3, 0.4) is 0 Å². The first-order valence-electron chi connectivity index (χ1n) is 7.11. The zero-order chi connectivity index (χ0) is 15.5. The first kappa shape index (κ1) is 17.5. The maximum absolute atomic E-state index is 11.5. The van der Waals surface area contributed by atoms with Crippen LogP contribution in [0.2, 0.25) is 0 Å². The van der Waals surface area contributed by atoms with Gasteiger partial charge in [-0.15, -0.1) is 0 Å². The van der Waals surface area contributed by atoms with Gasteiger partial charge in [-0.05, 0) is 37.1 Å². The molecule has 0 amide bonds. The average Bonchev–Trinajstić information content (AvgIpc) is 2.52. The number of methoxy groups -OCH3 is 3. The summed E-state index contributed by atoms with van der Waals surface area (Å²) in [5.41, 5.74) is 1.16. The number of hydrogen-bond donors (Lipinski definition) is 1. The van der Waals surface area contributed by atoms with E-state index in [-0.39, 0.29) is 12.0 Å². The van der Waals surface area contributed by atoms with Crippen molar-refractivity contribution >= 4 is 5.97 Å². The van der Waals surface area contributed by atoms with Crippen LogP contribution in [-0.4, -0.2) is 46.5 Å². The van der Waals surface area contributed by atoms with Crippen molar-refractivity contribution in [3.63, 3.8) is 0 Å². The summed E-state index contributed by atoms with van der Waals surface area (Å²) in [4.78, 5) is 11.5. The zero-order valence-corrected chi connectivity index (χ0v) is 13.1. The molecule has 21 heavy (non-hydrogen) atoms. The normalized spacial score (nSPS) is 12.0. The molecular formula is C16H25NO4. The Bertz CT molecular complexity index is 405. The van der Waals surface area contributed by atoms with Crippen molar-refractivity contribution in [1.82, 2.24) is 5.32 Å². The molecule has 1 atom stereocenters. The molecule has 1 aromatic carbocycles. The molecule has 0 aromatic heterocycles. The van der Waals surface area contributed by atoms with E-state index >= 15 is 0 Å². The van der Waals surface area contributed by atoms with Crippen molar-refractivity contribution in [1.29, 1.82) is 0 Å². The zero-order valence-electron chi connectivity index (χ0n) is 13.1. The van der Waals surface area contributed by atoms with Gasteiger partial charge in [-0.25, -0.2) is 0 Å². The predicted octanol–water partition coefficient (Wildman–Crippen LogP) is 1.80. The molecule has 5 heteroatoms. The van der Waals surface area contributed by atoms with E-state index in [1.807, 2.05) is 24.3 Å². The highest BCUT2D eigenvalue weighted by atomic mass is 16.5. The summed E-state index contributed by atoms with van der Waals surface area (Å²) >= 11 is 0. The molecule has 5 nitrogen and oxygen atoms in total. The minimum Gasteiger partial charge on any atom is -0.497 e. The lowest BCUT2D eigenvalue weighted by molar-refractivity contribution is -0.141. The summed E-state index contributed by atoms with van der Waals surface area (Å²) in [5.74, 6) is 0.629. The van der Waals surface area contributed by atoms with Gasteiger partial charge in [0.1, 0.15) is 5.75 Å². The van der Waals surface area contributed by atoms with Gasteiger partial charge >= 0.3 is 5.97 Å². The third-order valence-corrected chi connectivity index (χ3v) is 3.24. The Kier molecular flexibility index (Phi) is 8.47. The van der Waals surface area contributed by atoms with Crippen molar-refractivity contribution in [3.8, 4) is 5.75 Å². The minimum absolute atomic E-state index is 0.0581. The molecule has 1 N–H and O–H groups in total. The highest BCUT2D eigenvalue weighted by Gasteiger charge is 2.14. The van der Waals surface area contributed by atoms with E-state index in [4.69, 9.17) is 14.2 Å². The molecule has 0 spiro atoms. The van der Waals surface area contributed by atoms with Gasteiger partial charge < -0.3 is 19.5 Å². The third-order valence-electron chi connectivity index (χ3n) is 3.24. The number of benzene rings is 1. The van der Waals surface area contributed by atoms with Crippen LogP contribution < -0.4 is 10.1 Å². The quantitative estimate of drug-likeness (QED) is 0.527. The van der Waals surface area contributed by atoms with E-state index < -0.39 is 0 Å². The Morgan fingerprint density at radius 2 is 1.90 bits per heavy atom. The van der Waals surface area contributed by atoms with Gasteiger partial charge in [0.15, 0.2) is 0 Å². The fraction of sp³-hybridized carbons (Fsp3) is 0.562. The summed E-state index contributed by atoms with van der Waals surface area (Å²) in [7, 11) is 4.74. The van der Waals surface area contributed by atoms with Crippen LogP contribution in [0.5, 0.6) is 5.75 Å². The number of carbonyl (C=O) groups excluding carboxylic acids is 1. The summed E-state index contributed by atoms with van der Waals surface area (Å²) in [6.45, 7) is 1.52. The van der Waals surface area contributed by atoms with Gasteiger partial charge in [0.2, 0.25) is 0 Å². The van der Waals surface area contributed by atoms with Crippen molar-refractivity contribution < 1.29 is 19.0 Å². The van der Waals surface area contributed by atoms with Crippen LogP contribution in [0, 0.1) is 0 Å². The van der Waals surface area contributed by atoms with Gasteiger partial charge in [0.05, 0.1) is 20.6 Å². The maximum atomic E-state index is 11.5. The number of hydrogen-bond acceptors (Lipinski definition) is 5. The molecule has 0 fully saturated rings. The van der Waals surface area contributed by atoms with E-state index in [2.05, 4.69) is 5.32 Å². The monoisotopic (exact) mass is 295 g/mol. The van der Waals surface area contributed by atoms with Crippen LogP contribution in [0.1, 0.15) is 18.4 Å². The molecule has 0 aliphatic heterocycles. The van der Waals surface area contributed by atoms with Gasteiger partial charge in [0, 0.05) is 19.8 Å². The van der Waals surface area contributed by atoms with Gasteiger partial charge in [0.25, 0.3) is 0 Å². The predicted molar refractivity (Wildman–Crippen MR) is 81.6 cm³/mol. The van der Waals surface area contributed by atoms with E-state index in [1.165, 1.54) is 7.11 Å². The smallest absolute Gasteiger partial charge is 0.307 e. The highest BCUT2D eigenvalue weighted by molar-refractivity contribution is 5.70. The molecule has 0 radical (unpaired) electrons. The molecule has 1 rings (SSSR count). The molecule has 1 unspecified atom stereocenters. The van der Waals surface area contributed by atoms with Crippen molar-refractivity contribution in [2.24, 2.45) is 0 Å². The summed E-state index contributed by atoms with van der Waals surface area (Å²) in [6, 6.07) is 7.94. The average molecular weight is 295 g/mol. The van der Waals surface area contributed by atoms with Crippen LogP contribution in [0.25, 0.3) is 0 Å². The lowest BCUT2D eigenvalue weighted by atomic mass is 10.0. The van der Waals surface area contributed by atoms with E-state index in [1.54, 1.807) is 14.2 Å². The molecule has 0 bridgehead atoms. The minimum atomic E-state index is -0.201. The van der Waals surface area contributed by atoms with E-state index in [9.17, 15) is 4.79 Å². The van der Waals surface area contributed by atoms with Crippen molar-refractivity contribution in [3.05, 3.63) is 29.8 Å². The topological polar surface area (TPSA) is 56.8 Å². The number of rotatable bonds is 10. The Morgan fingerprint density at radius 3 is 2.48 bits per heavy atom. The second-order valence-corrected chi connectivity index (χ2v) is 4.83. The fourth-order valence-electron chi connectivity index (χ4n) is 2.07. The summed E-state index contributed by atoms with van der Waals surface area (Å²) in [6.07, 6.45) is 2.04. The molecule has 1 aromatic rings. The highest BCUT2D eigenvalue weighted by Crippen LogP contribution is 2.13. The first-order valence-corrected chi connectivity index (χ1v) is 7.11. The third kappa shape index (κ3) is 7.11. The van der Waals surface area contributed by atoms with Crippen LogP contribution in [0.15, 0.2) is 24.3 Å². The van der Waals surface area contributed by atoms with Crippen molar-refractivity contribution in [2.45, 2.75) is 25.3 Å². The molecule has 0 heterocycles. The number of esters is 1. The molecule has 0 saturated heterocycles. The van der Waals surface area contributed by atoms with Gasteiger partial charge in [-0.2, -0.15) is 0 Å². The molecule has 0 aliphatic rings. The molecule has 118 valence electrons. The van der Waals surface area contributed by atoms with Crippen molar-refractivity contribution in [2.75, 3.05) is 34.5 Å². The largest absolute Gasteiger partial charge is 0.497 e. The lowest BCUT2D eigenvalue weighted by Gasteiger charge is -2.18. The van der Waals surface area contributed by atoms with Crippen LogP contribution >= 0.6 is 0 Å². The standard InChI is InChI=1S/C16H25NO4/c1-19-10-4-9-17-14(12-16(18)21-3)11-13-5-7-15(20-2)8-6-13/h5-8,14,17H,4,9-12H2,1-3H3. The summed E-state index contributed by atoms with van der Waals surface area (Å²) < 4.78 is 14.9. The maximum Gasteiger partial charge on any atom is 0.307 e. The Labute approximate surface area is 126 Å². The van der Waals surface area contributed by atoms with Crippen LogP contribution in [-0.2, 0) is 20.7 Å². The Hall–Kier alpha value is -1.59. The van der Waals surface area contributed by atoms with Gasteiger partial charge in [-0.1, -0.05) is 12.1 Å². The Balaban J connectivity index is 2.54. The fourth-order valence-corrected chi connectivity index (χ4v) is 2.07. The number of carbonyl (C=O) groups is 1. The van der Waals surface area contributed by atoms with Crippen LogP contribution in [0.4, 0.5) is 0 Å². The van der Waals surface area contributed by atoms with E-state index in [0.717, 1.165) is 30.7 Å². The molecule has 0 aliphatic carbocycles. The van der Waals surface area contributed by atoms with E-state index in [0.29, 0.717) is 13.0 Å². The second-order valence-electron chi connectivity index (χ2n) is 4.83. The lowest BCUT2D eigenvalue weighted by Crippen LogP contribution is -2.34.